The van der Waals surface area contributed by atoms with Crippen LogP contribution in [0.1, 0.15) is 68.7 Å². The van der Waals surface area contributed by atoms with E-state index in [9.17, 15) is 4.79 Å². The van der Waals surface area contributed by atoms with E-state index in [2.05, 4.69) is 87.7 Å². The molecule has 0 aliphatic carbocycles. The summed E-state index contributed by atoms with van der Waals surface area (Å²) in [5, 5.41) is 0.169. The van der Waals surface area contributed by atoms with E-state index in [1.165, 1.54) is 0 Å². The minimum atomic E-state index is -2.15. The van der Waals surface area contributed by atoms with E-state index in [4.69, 9.17) is 27.8 Å². The molecule has 0 amide bonds. The molecular weight excluding hydrogens is 541 g/mol. The molecule has 0 fully saturated rings. The molecular formula is C31H62O7Si2. The minimum Gasteiger partial charge on any atom is -0.413 e. The molecule has 0 radical (unpaired) electrons. The Morgan fingerprint density at radius 2 is 1.45 bits per heavy atom. The highest BCUT2D eigenvalue weighted by atomic mass is 28.4. The van der Waals surface area contributed by atoms with Crippen molar-refractivity contribution < 1.29 is 32.6 Å². The lowest BCUT2D eigenvalue weighted by Crippen LogP contribution is -2.48. The second-order valence-corrected chi connectivity index (χ2v) is 23.5. The van der Waals surface area contributed by atoms with Gasteiger partial charge in [-0.1, -0.05) is 54.5 Å². The lowest BCUT2D eigenvalue weighted by atomic mass is 9.88. The van der Waals surface area contributed by atoms with Gasteiger partial charge in [0, 0.05) is 26.6 Å². The number of hydrogen-bond acceptors (Lipinski definition) is 7. The van der Waals surface area contributed by atoms with E-state index in [-0.39, 0.29) is 41.1 Å². The Morgan fingerprint density at radius 1 is 0.875 bits per heavy atom. The lowest BCUT2D eigenvalue weighted by molar-refractivity contribution is -0.104. The third kappa shape index (κ3) is 13.1. The van der Waals surface area contributed by atoms with Crippen LogP contribution < -0.4 is 0 Å². The first-order chi connectivity index (χ1) is 18.3. The molecule has 9 heteroatoms. The Hall–Kier alpha value is -0.656. The van der Waals surface area contributed by atoms with Gasteiger partial charge in [0.1, 0.15) is 13.1 Å². The molecule has 40 heavy (non-hydrogen) atoms. The molecule has 0 aliphatic rings. The fraction of sp³-hybridized carbons (Fsp3) is 0.839. The van der Waals surface area contributed by atoms with Gasteiger partial charge in [-0.2, -0.15) is 0 Å². The summed E-state index contributed by atoms with van der Waals surface area (Å²) in [5.74, 6) is -0.0212. The second-order valence-electron chi connectivity index (χ2n) is 13.9. The van der Waals surface area contributed by atoms with E-state index < -0.39 is 16.6 Å². The summed E-state index contributed by atoms with van der Waals surface area (Å²) in [4.78, 5) is 11.3. The quantitative estimate of drug-likeness (QED) is 0.0378. The highest BCUT2D eigenvalue weighted by Gasteiger charge is 2.42. The number of hydrogen-bond donors (Lipinski definition) is 0. The summed E-state index contributed by atoms with van der Waals surface area (Å²) in [6.07, 6.45) is 4.48. The van der Waals surface area contributed by atoms with E-state index in [0.29, 0.717) is 26.2 Å². The van der Waals surface area contributed by atoms with Crippen molar-refractivity contribution in [1.82, 2.24) is 0 Å². The first-order valence-electron chi connectivity index (χ1n) is 14.6. The SMILES string of the molecule is COCCOCO[C@@H](C[C@H](O[Si](C)(C)C(C)(C)C)[C@H](C)[C@@H](OC)/C(C)=C/C=O)/C(C)=C/CO[Si](C)(C)C(C)(C)C. The Bertz CT molecular complexity index is 794. The number of aldehydes is 1. The van der Waals surface area contributed by atoms with E-state index in [0.717, 1.165) is 17.4 Å². The monoisotopic (exact) mass is 602 g/mol. The average molecular weight is 603 g/mol. The Kier molecular flexibility index (Phi) is 17.2. The largest absolute Gasteiger partial charge is 0.413 e. The maximum Gasteiger partial charge on any atom is 0.192 e. The smallest absolute Gasteiger partial charge is 0.192 e. The topological polar surface area (TPSA) is 72.5 Å². The van der Waals surface area contributed by atoms with Crippen LogP contribution in [-0.2, 0) is 32.6 Å². The van der Waals surface area contributed by atoms with Crippen LogP contribution in [0.5, 0.6) is 0 Å². The van der Waals surface area contributed by atoms with Crippen LogP contribution in [0, 0.1) is 5.92 Å². The summed E-state index contributed by atoms with van der Waals surface area (Å²) in [5.41, 5.74) is 1.96. The fourth-order valence-electron chi connectivity index (χ4n) is 3.79. The Balaban J connectivity index is 6.26. The average Bonchev–Trinajstić information content (AvgIpc) is 2.81. The first kappa shape index (κ1) is 39.3. The van der Waals surface area contributed by atoms with Crippen molar-refractivity contribution in [1.29, 1.82) is 0 Å². The molecule has 7 nitrogen and oxygen atoms in total. The second kappa shape index (κ2) is 17.5. The summed E-state index contributed by atoms with van der Waals surface area (Å²) < 4.78 is 36.5. The third-order valence-corrected chi connectivity index (χ3v) is 17.7. The number of methoxy groups -OCH3 is 2. The zero-order valence-corrected chi connectivity index (χ0v) is 30.4. The molecule has 0 saturated heterocycles. The van der Waals surface area contributed by atoms with Crippen LogP contribution in [-0.4, -0.2) is 82.1 Å². The van der Waals surface area contributed by atoms with Gasteiger partial charge in [-0.15, -0.1) is 0 Å². The van der Waals surface area contributed by atoms with Gasteiger partial charge in [-0.25, -0.2) is 0 Å². The Morgan fingerprint density at radius 3 is 1.93 bits per heavy atom. The summed E-state index contributed by atoms with van der Waals surface area (Å²) in [7, 11) is -0.694. The molecule has 0 aromatic rings. The molecule has 0 saturated carbocycles. The van der Waals surface area contributed by atoms with Gasteiger partial charge in [-0.3, -0.25) is 4.79 Å². The molecule has 236 valence electrons. The molecule has 0 heterocycles. The van der Waals surface area contributed by atoms with Crippen LogP contribution in [0.25, 0.3) is 0 Å². The molecule has 4 atom stereocenters. The minimum absolute atomic E-state index is 0.0212. The van der Waals surface area contributed by atoms with Gasteiger partial charge in [0.15, 0.2) is 16.6 Å². The molecule has 0 bridgehead atoms. The maximum absolute atomic E-state index is 11.3. The maximum atomic E-state index is 11.3. The van der Waals surface area contributed by atoms with Crippen molar-refractivity contribution in [3.8, 4) is 0 Å². The van der Waals surface area contributed by atoms with Crippen LogP contribution in [0.4, 0.5) is 0 Å². The molecule has 0 aromatic carbocycles. The number of ether oxygens (including phenoxy) is 4. The predicted octanol–water partition coefficient (Wildman–Crippen LogP) is 7.54. The van der Waals surface area contributed by atoms with Crippen LogP contribution >= 0.6 is 0 Å². The van der Waals surface area contributed by atoms with Crippen molar-refractivity contribution in [2.75, 3.05) is 40.8 Å². The van der Waals surface area contributed by atoms with Crippen molar-refractivity contribution in [2.45, 2.75) is 123 Å². The van der Waals surface area contributed by atoms with E-state index in [1.54, 1.807) is 20.3 Å². The highest BCUT2D eigenvalue weighted by molar-refractivity contribution is 6.74. The Labute approximate surface area is 248 Å². The van der Waals surface area contributed by atoms with Crippen molar-refractivity contribution in [3.05, 3.63) is 23.3 Å². The molecule has 0 spiro atoms. The van der Waals surface area contributed by atoms with Crippen LogP contribution in [0.3, 0.4) is 0 Å². The van der Waals surface area contributed by atoms with E-state index in [1.807, 2.05) is 6.92 Å². The van der Waals surface area contributed by atoms with Gasteiger partial charge in [0.2, 0.25) is 0 Å². The van der Waals surface area contributed by atoms with Crippen LogP contribution in [0.2, 0.25) is 36.3 Å². The lowest BCUT2D eigenvalue weighted by Gasteiger charge is -2.43. The highest BCUT2D eigenvalue weighted by Crippen LogP contribution is 2.40. The molecule has 0 aromatic heterocycles. The number of rotatable bonds is 19. The molecule has 0 N–H and O–H groups in total. The normalized spacial score (nSPS) is 17.5. The molecule has 0 rings (SSSR count). The zero-order valence-electron chi connectivity index (χ0n) is 28.4. The zero-order chi connectivity index (χ0) is 31.4. The van der Waals surface area contributed by atoms with Crippen molar-refractivity contribution in [2.24, 2.45) is 5.92 Å². The number of allylic oxidation sites excluding steroid dienone is 1. The molecule has 0 aliphatic heterocycles. The number of carbonyl (C=O) groups is 1. The standard InChI is InChI=1S/C31H62O7Si2/c1-24(17-19-37-39(12,13)30(4,5)6)27(36-23-35-21-20-33-10)22-28(38-40(14,15)31(7,8)9)26(3)29(34-11)25(2)16-18-32/h16-18,26-29H,19-23H2,1-15H3/b24-17+,25-16+/t26-,27-,28-,29-/m0/s1. The molecule has 0 unspecified atom stereocenters. The van der Waals surface area contributed by atoms with E-state index >= 15 is 0 Å². The van der Waals surface area contributed by atoms with Gasteiger partial charge >= 0.3 is 0 Å². The van der Waals surface area contributed by atoms with Gasteiger partial charge in [0.05, 0.1) is 38.1 Å². The van der Waals surface area contributed by atoms with Gasteiger partial charge in [-0.05, 0) is 67.3 Å². The van der Waals surface area contributed by atoms with Crippen molar-refractivity contribution >= 4 is 22.9 Å². The predicted molar refractivity (Wildman–Crippen MR) is 171 cm³/mol. The number of carbonyl (C=O) groups excluding carboxylic acids is 1. The van der Waals surface area contributed by atoms with Gasteiger partial charge in [0.25, 0.3) is 0 Å². The first-order valence-corrected chi connectivity index (χ1v) is 20.4. The summed E-state index contributed by atoms with van der Waals surface area (Å²) in [6.45, 7) is 30.4. The van der Waals surface area contributed by atoms with Crippen LogP contribution in [0.15, 0.2) is 23.3 Å². The summed E-state index contributed by atoms with van der Waals surface area (Å²) in [6, 6.07) is 0. The third-order valence-electron chi connectivity index (χ3n) is 8.74. The van der Waals surface area contributed by atoms with Crippen molar-refractivity contribution in [3.63, 3.8) is 0 Å². The van der Waals surface area contributed by atoms with Gasteiger partial charge < -0.3 is 27.8 Å². The summed E-state index contributed by atoms with van der Waals surface area (Å²) >= 11 is 0. The fourth-order valence-corrected chi connectivity index (χ4v) is 6.15.